The number of hydrogen-bond acceptors (Lipinski definition) is 0. The first-order valence-electron chi connectivity index (χ1n) is 7.00. The van der Waals surface area contributed by atoms with E-state index in [-0.39, 0.29) is 0 Å². The lowest BCUT2D eigenvalue weighted by Crippen LogP contribution is -2.45. The lowest BCUT2D eigenvalue weighted by molar-refractivity contribution is 0.0264. The second kappa shape index (κ2) is 5.17. The van der Waals surface area contributed by atoms with E-state index in [9.17, 15) is 0 Å². The average Bonchev–Trinajstić information content (AvgIpc) is 2.25. The van der Waals surface area contributed by atoms with E-state index in [4.69, 9.17) is 0 Å². The Morgan fingerprint density at radius 3 is 1.53 bits per heavy atom. The Balaban J connectivity index is 0.000000188. The van der Waals surface area contributed by atoms with Gasteiger partial charge in [-0.05, 0) is 61.4 Å². The highest BCUT2D eigenvalue weighted by molar-refractivity contribution is 7.17. The molecule has 0 aromatic heterocycles. The fourth-order valence-electron chi connectivity index (χ4n) is 3.97. The predicted molar refractivity (Wildman–Crippen MR) is 71.1 cm³/mol. The van der Waals surface area contributed by atoms with Crippen molar-refractivity contribution in [3.63, 3.8) is 0 Å². The summed E-state index contributed by atoms with van der Waals surface area (Å²) in [5, 5.41) is 0. The average molecular weight is 226 g/mol. The third kappa shape index (κ3) is 2.57. The summed E-state index contributed by atoms with van der Waals surface area (Å²) in [5.74, 6) is 4.51. The van der Waals surface area contributed by atoms with Crippen LogP contribution in [-0.2, 0) is 0 Å². The molecule has 0 saturated heterocycles. The number of hydrogen-bond donors (Lipinski definition) is 0. The van der Waals surface area contributed by atoms with Gasteiger partial charge < -0.3 is 0 Å². The minimum atomic E-state index is 1.00. The second-order valence-electron chi connectivity index (χ2n) is 6.01. The molecule has 1 unspecified atom stereocenters. The van der Waals surface area contributed by atoms with Crippen LogP contribution in [-0.4, -0.2) is 5.66 Å². The second-order valence-corrected chi connectivity index (χ2v) is 6.78. The molecule has 1 heteroatoms. The van der Waals surface area contributed by atoms with Crippen LogP contribution in [0.15, 0.2) is 0 Å². The third-order valence-electron chi connectivity index (χ3n) is 4.80. The number of rotatable bonds is 1. The molecule has 4 fully saturated rings. The quantitative estimate of drug-likeness (QED) is 0.578. The zero-order valence-electron chi connectivity index (χ0n) is 10.4. The van der Waals surface area contributed by atoms with Crippen molar-refractivity contribution in [1.29, 1.82) is 0 Å². The molecule has 0 amide bonds. The summed E-state index contributed by atoms with van der Waals surface area (Å²) in [6.07, 6.45) is 10.5. The topological polar surface area (TPSA) is 0 Å². The Morgan fingerprint density at radius 1 is 0.800 bits per heavy atom. The summed E-state index contributed by atoms with van der Waals surface area (Å²) in [6.45, 7) is 4.36. The van der Waals surface area contributed by atoms with Gasteiger partial charge in [-0.25, -0.2) is 0 Å². The van der Waals surface area contributed by atoms with E-state index >= 15 is 0 Å². The van der Waals surface area contributed by atoms with Crippen LogP contribution >= 0.6 is 9.24 Å². The van der Waals surface area contributed by atoms with Crippen molar-refractivity contribution in [3.05, 3.63) is 0 Å². The number of unbranched alkanes of at least 4 members (excludes halogenated alkanes) is 1. The molecule has 0 N–H and O–H groups in total. The standard InChI is InChI=1S/C10H17P.C4H10/c11-10-8-2-6-1-7(4-8)5-9(10)3-6;1-3-4-2/h6-10H,1-5,11H2;3-4H2,1-2H3. The molecule has 15 heavy (non-hydrogen) atoms. The van der Waals surface area contributed by atoms with Crippen LogP contribution in [0.25, 0.3) is 0 Å². The van der Waals surface area contributed by atoms with E-state index in [0.29, 0.717) is 0 Å². The molecule has 1 atom stereocenters. The van der Waals surface area contributed by atoms with Gasteiger partial charge in [0.25, 0.3) is 0 Å². The molecule has 0 aliphatic heterocycles. The maximum atomic E-state index is 3.12. The molecule has 4 aliphatic rings. The molecule has 0 radical (unpaired) electrons. The van der Waals surface area contributed by atoms with Gasteiger partial charge in [-0.15, -0.1) is 9.24 Å². The van der Waals surface area contributed by atoms with Crippen LogP contribution in [0.4, 0.5) is 0 Å². The van der Waals surface area contributed by atoms with E-state index < -0.39 is 0 Å². The van der Waals surface area contributed by atoms with Gasteiger partial charge in [-0.1, -0.05) is 26.7 Å². The van der Waals surface area contributed by atoms with Gasteiger partial charge in [0.15, 0.2) is 0 Å². The fraction of sp³-hybridized carbons (Fsp3) is 1.00. The zero-order chi connectivity index (χ0) is 10.8. The molecule has 0 nitrogen and oxygen atoms in total. The monoisotopic (exact) mass is 226 g/mol. The maximum absolute atomic E-state index is 3.12. The molecule has 4 aliphatic carbocycles. The van der Waals surface area contributed by atoms with Gasteiger partial charge in [0.2, 0.25) is 0 Å². The van der Waals surface area contributed by atoms with E-state index in [2.05, 4.69) is 23.1 Å². The van der Waals surface area contributed by atoms with Crippen molar-refractivity contribution in [2.24, 2.45) is 23.7 Å². The largest absolute Gasteiger partial charge is 0.134 e. The van der Waals surface area contributed by atoms with Crippen molar-refractivity contribution in [1.82, 2.24) is 0 Å². The van der Waals surface area contributed by atoms with E-state index in [1.165, 1.54) is 12.8 Å². The Kier molecular flexibility index (Phi) is 4.10. The summed E-state index contributed by atoms with van der Waals surface area (Å²) >= 11 is 0. The predicted octanol–water partition coefficient (Wildman–Crippen LogP) is 4.49. The van der Waals surface area contributed by atoms with Crippen molar-refractivity contribution in [3.8, 4) is 0 Å². The summed E-state index contributed by atoms with van der Waals surface area (Å²) in [4.78, 5) is 0. The first-order valence-corrected chi connectivity index (χ1v) is 7.66. The van der Waals surface area contributed by atoms with Crippen LogP contribution in [0.3, 0.4) is 0 Å². The van der Waals surface area contributed by atoms with E-state index in [1.807, 2.05) is 0 Å². The zero-order valence-corrected chi connectivity index (χ0v) is 11.6. The Labute approximate surface area is 97.8 Å². The highest BCUT2D eigenvalue weighted by atomic mass is 31.0. The van der Waals surface area contributed by atoms with Gasteiger partial charge >= 0.3 is 0 Å². The third-order valence-corrected chi connectivity index (χ3v) is 5.89. The maximum Gasteiger partial charge on any atom is -0.0207 e. The van der Waals surface area contributed by atoms with Crippen molar-refractivity contribution in [2.45, 2.75) is 64.5 Å². The lowest BCUT2D eigenvalue weighted by Gasteiger charge is -2.53. The fourth-order valence-corrected chi connectivity index (χ4v) is 4.60. The van der Waals surface area contributed by atoms with Crippen molar-refractivity contribution in [2.75, 3.05) is 0 Å². The smallest absolute Gasteiger partial charge is 0.0207 e. The van der Waals surface area contributed by atoms with Crippen LogP contribution in [0.5, 0.6) is 0 Å². The molecular weight excluding hydrogens is 199 g/mol. The molecular formula is C14H27P. The molecule has 0 aromatic carbocycles. The van der Waals surface area contributed by atoms with Crippen molar-refractivity contribution < 1.29 is 0 Å². The summed E-state index contributed by atoms with van der Waals surface area (Å²) in [5.41, 5.74) is 1.00. The molecule has 4 rings (SSSR count). The lowest BCUT2D eigenvalue weighted by atomic mass is 9.56. The first kappa shape index (κ1) is 11.9. The van der Waals surface area contributed by atoms with Crippen LogP contribution in [0, 0.1) is 23.7 Å². The molecule has 0 heterocycles. The van der Waals surface area contributed by atoms with Crippen molar-refractivity contribution >= 4 is 9.24 Å². The highest BCUT2D eigenvalue weighted by Crippen LogP contribution is 2.55. The van der Waals surface area contributed by atoms with Gasteiger partial charge in [-0.2, -0.15) is 0 Å². The normalized spacial score (nSPS) is 46.2. The Morgan fingerprint density at radius 2 is 1.20 bits per heavy atom. The highest BCUT2D eigenvalue weighted by Gasteiger charge is 2.46. The van der Waals surface area contributed by atoms with E-state index in [0.717, 1.165) is 29.3 Å². The minimum Gasteiger partial charge on any atom is -0.134 e. The van der Waals surface area contributed by atoms with Gasteiger partial charge in [0.1, 0.15) is 0 Å². The summed E-state index contributed by atoms with van der Waals surface area (Å²) < 4.78 is 0. The summed E-state index contributed by atoms with van der Waals surface area (Å²) in [7, 11) is 3.12. The van der Waals surface area contributed by atoms with Crippen LogP contribution < -0.4 is 0 Å². The van der Waals surface area contributed by atoms with Crippen LogP contribution in [0.1, 0.15) is 58.8 Å². The van der Waals surface area contributed by atoms with Gasteiger partial charge in [-0.3, -0.25) is 0 Å². The van der Waals surface area contributed by atoms with Gasteiger partial charge in [0.05, 0.1) is 0 Å². The molecule has 88 valence electrons. The molecule has 0 aromatic rings. The molecule has 4 saturated carbocycles. The Bertz CT molecular complexity index is 170. The first-order chi connectivity index (χ1) is 7.24. The minimum absolute atomic E-state index is 1.00. The van der Waals surface area contributed by atoms with Gasteiger partial charge in [0, 0.05) is 0 Å². The van der Waals surface area contributed by atoms with E-state index in [1.54, 1.807) is 32.1 Å². The summed E-state index contributed by atoms with van der Waals surface area (Å²) in [6, 6.07) is 0. The molecule has 4 bridgehead atoms. The Hall–Kier alpha value is 0.430. The van der Waals surface area contributed by atoms with Crippen LogP contribution in [0.2, 0.25) is 0 Å². The SMILES string of the molecule is CCCC.PC1C2CC3CC(C2)CC1C3. The molecule has 0 spiro atoms.